The van der Waals surface area contributed by atoms with Gasteiger partial charge in [0.15, 0.2) is 0 Å². The number of ether oxygens (including phenoxy) is 1. The number of nitrogens with two attached hydrogens (primary N) is 1. The van der Waals surface area contributed by atoms with E-state index in [9.17, 15) is 4.79 Å². The first kappa shape index (κ1) is 13.8. The van der Waals surface area contributed by atoms with E-state index < -0.39 is 0 Å². The first-order valence-corrected chi connectivity index (χ1v) is 7.32. The van der Waals surface area contributed by atoms with Crippen LogP contribution >= 0.6 is 0 Å². The predicted octanol–water partition coefficient (Wildman–Crippen LogP) is 1.53. The van der Waals surface area contributed by atoms with Gasteiger partial charge in [-0.05, 0) is 44.6 Å². The summed E-state index contributed by atoms with van der Waals surface area (Å²) in [6, 6.07) is 0.321. The second-order valence-electron chi connectivity index (χ2n) is 5.65. The molecule has 4 heteroatoms. The molecule has 18 heavy (non-hydrogen) atoms. The minimum Gasteiger partial charge on any atom is -0.368 e. The molecule has 2 fully saturated rings. The Balaban J connectivity index is 1.95. The lowest BCUT2D eigenvalue weighted by atomic mass is 9.83. The van der Waals surface area contributed by atoms with Gasteiger partial charge in [0, 0.05) is 19.7 Å². The smallest absolute Gasteiger partial charge is 0.251 e. The van der Waals surface area contributed by atoms with E-state index in [0.29, 0.717) is 18.5 Å². The summed E-state index contributed by atoms with van der Waals surface area (Å²) < 4.78 is 5.60. The van der Waals surface area contributed by atoms with Crippen molar-refractivity contribution in [1.29, 1.82) is 0 Å². The van der Waals surface area contributed by atoms with Crippen LogP contribution in [-0.4, -0.2) is 43.2 Å². The highest BCUT2D eigenvalue weighted by molar-refractivity contribution is 5.81. The van der Waals surface area contributed by atoms with E-state index in [1.54, 1.807) is 0 Å². The van der Waals surface area contributed by atoms with Crippen LogP contribution in [0.5, 0.6) is 0 Å². The third-order valence-electron chi connectivity index (χ3n) is 4.47. The highest BCUT2D eigenvalue weighted by atomic mass is 16.5. The first-order valence-electron chi connectivity index (χ1n) is 7.32. The Kier molecular flexibility index (Phi) is 5.01. The normalized spacial score (nSPS) is 33.1. The van der Waals surface area contributed by atoms with Crippen molar-refractivity contribution in [3.63, 3.8) is 0 Å². The lowest BCUT2D eigenvalue weighted by Gasteiger charge is -2.39. The largest absolute Gasteiger partial charge is 0.368 e. The van der Waals surface area contributed by atoms with Gasteiger partial charge in [-0.15, -0.1) is 0 Å². The molecule has 2 aliphatic rings. The van der Waals surface area contributed by atoms with Gasteiger partial charge in [0.1, 0.15) is 6.10 Å². The summed E-state index contributed by atoms with van der Waals surface area (Å²) in [7, 11) is 1.93. The average Bonchev–Trinajstić information content (AvgIpc) is 2.46. The van der Waals surface area contributed by atoms with Gasteiger partial charge in [0.05, 0.1) is 0 Å². The molecule has 0 bridgehead atoms. The molecular weight excluding hydrogens is 228 g/mol. The number of rotatable bonds is 3. The molecule has 4 nitrogen and oxygen atoms in total. The van der Waals surface area contributed by atoms with Crippen molar-refractivity contribution >= 4 is 5.91 Å². The van der Waals surface area contributed by atoms with E-state index in [-0.39, 0.29) is 12.0 Å². The van der Waals surface area contributed by atoms with Crippen molar-refractivity contribution in [3.05, 3.63) is 0 Å². The molecule has 1 saturated heterocycles. The van der Waals surface area contributed by atoms with Gasteiger partial charge in [-0.2, -0.15) is 0 Å². The molecule has 3 atom stereocenters. The Morgan fingerprint density at radius 2 is 1.94 bits per heavy atom. The minimum absolute atomic E-state index is 0.167. The van der Waals surface area contributed by atoms with Crippen LogP contribution < -0.4 is 5.73 Å². The SMILES string of the molecule is CN(C(=O)C1CCCCO1)C1CCCCC1CN. The second-order valence-corrected chi connectivity index (χ2v) is 5.65. The summed E-state index contributed by atoms with van der Waals surface area (Å²) in [6.07, 6.45) is 7.58. The van der Waals surface area contributed by atoms with Gasteiger partial charge in [-0.1, -0.05) is 12.8 Å². The van der Waals surface area contributed by atoms with Gasteiger partial charge >= 0.3 is 0 Å². The predicted molar refractivity (Wildman–Crippen MR) is 71.2 cm³/mol. The van der Waals surface area contributed by atoms with Crippen LogP contribution in [0.3, 0.4) is 0 Å². The van der Waals surface area contributed by atoms with Crippen LogP contribution in [0.4, 0.5) is 0 Å². The van der Waals surface area contributed by atoms with Gasteiger partial charge in [-0.25, -0.2) is 0 Å². The summed E-state index contributed by atoms with van der Waals surface area (Å²) in [5.74, 6) is 0.636. The summed E-state index contributed by atoms with van der Waals surface area (Å²) in [6.45, 7) is 1.42. The molecule has 2 rings (SSSR count). The topological polar surface area (TPSA) is 55.6 Å². The van der Waals surface area contributed by atoms with E-state index in [0.717, 1.165) is 38.7 Å². The van der Waals surface area contributed by atoms with E-state index in [1.165, 1.54) is 12.8 Å². The number of carbonyl (C=O) groups excluding carboxylic acids is 1. The number of nitrogens with zero attached hydrogens (tertiary/aromatic N) is 1. The van der Waals surface area contributed by atoms with E-state index >= 15 is 0 Å². The van der Waals surface area contributed by atoms with Crippen molar-refractivity contribution in [2.24, 2.45) is 11.7 Å². The zero-order valence-electron chi connectivity index (χ0n) is 11.4. The summed E-state index contributed by atoms with van der Waals surface area (Å²) in [5.41, 5.74) is 5.84. The molecule has 1 heterocycles. The summed E-state index contributed by atoms with van der Waals surface area (Å²) in [4.78, 5) is 14.3. The Morgan fingerprint density at radius 3 is 2.61 bits per heavy atom. The van der Waals surface area contributed by atoms with Crippen molar-refractivity contribution in [2.75, 3.05) is 20.2 Å². The molecule has 1 aliphatic heterocycles. The van der Waals surface area contributed by atoms with Crippen LogP contribution in [0.25, 0.3) is 0 Å². The standard InChI is InChI=1S/C14H26N2O2/c1-16(12-7-3-2-6-11(12)10-15)14(17)13-8-4-5-9-18-13/h11-13H,2-10,15H2,1H3. The molecule has 0 aromatic rings. The van der Waals surface area contributed by atoms with Crippen LogP contribution in [0.2, 0.25) is 0 Å². The van der Waals surface area contributed by atoms with Gasteiger partial charge in [0.25, 0.3) is 5.91 Å². The highest BCUT2D eigenvalue weighted by Gasteiger charge is 2.33. The second kappa shape index (κ2) is 6.53. The summed E-state index contributed by atoms with van der Waals surface area (Å²) >= 11 is 0. The Hall–Kier alpha value is -0.610. The van der Waals surface area contributed by atoms with E-state index in [4.69, 9.17) is 10.5 Å². The van der Waals surface area contributed by atoms with Crippen LogP contribution in [-0.2, 0) is 9.53 Å². The molecule has 0 aromatic carbocycles. The third-order valence-corrected chi connectivity index (χ3v) is 4.47. The van der Waals surface area contributed by atoms with Crippen LogP contribution in [0.1, 0.15) is 44.9 Å². The van der Waals surface area contributed by atoms with E-state index in [2.05, 4.69) is 0 Å². The fourth-order valence-corrected chi connectivity index (χ4v) is 3.30. The van der Waals surface area contributed by atoms with Crippen molar-refractivity contribution in [1.82, 2.24) is 4.90 Å². The van der Waals surface area contributed by atoms with Gasteiger partial charge < -0.3 is 15.4 Å². The summed E-state index contributed by atoms with van der Waals surface area (Å²) in [5, 5.41) is 0. The molecule has 3 unspecified atom stereocenters. The maximum Gasteiger partial charge on any atom is 0.251 e. The van der Waals surface area contributed by atoms with Crippen LogP contribution in [0.15, 0.2) is 0 Å². The average molecular weight is 254 g/mol. The number of hydrogen-bond acceptors (Lipinski definition) is 3. The van der Waals surface area contributed by atoms with Crippen molar-refractivity contribution in [3.8, 4) is 0 Å². The Bertz CT molecular complexity index is 277. The Labute approximate surface area is 110 Å². The maximum atomic E-state index is 12.4. The lowest BCUT2D eigenvalue weighted by molar-refractivity contribution is -0.149. The Morgan fingerprint density at radius 1 is 1.22 bits per heavy atom. The van der Waals surface area contributed by atoms with Crippen molar-refractivity contribution in [2.45, 2.75) is 57.1 Å². The molecule has 0 aromatic heterocycles. The maximum absolute atomic E-state index is 12.4. The number of carbonyl (C=O) groups is 1. The lowest BCUT2D eigenvalue weighted by Crippen LogP contribution is -2.50. The number of amides is 1. The number of hydrogen-bond donors (Lipinski definition) is 1. The molecule has 2 N–H and O–H groups in total. The molecular formula is C14H26N2O2. The van der Waals surface area contributed by atoms with E-state index in [1.807, 2.05) is 11.9 Å². The quantitative estimate of drug-likeness (QED) is 0.831. The van der Waals surface area contributed by atoms with Gasteiger partial charge in [0.2, 0.25) is 0 Å². The zero-order chi connectivity index (χ0) is 13.0. The monoisotopic (exact) mass is 254 g/mol. The molecule has 104 valence electrons. The highest BCUT2D eigenvalue weighted by Crippen LogP contribution is 2.28. The minimum atomic E-state index is -0.205. The van der Waals surface area contributed by atoms with Gasteiger partial charge in [-0.3, -0.25) is 4.79 Å². The number of likely N-dealkylation sites (N-methyl/N-ethyl adjacent to an activating group) is 1. The fraction of sp³-hybridized carbons (Fsp3) is 0.929. The zero-order valence-corrected chi connectivity index (χ0v) is 11.4. The molecule has 1 saturated carbocycles. The third kappa shape index (κ3) is 3.04. The van der Waals surface area contributed by atoms with Crippen molar-refractivity contribution < 1.29 is 9.53 Å². The molecule has 0 spiro atoms. The molecule has 1 aliphatic carbocycles. The molecule has 0 radical (unpaired) electrons. The van der Waals surface area contributed by atoms with Crippen LogP contribution in [0, 0.1) is 5.92 Å². The molecule has 1 amide bonds. The fourth-order valence-electron chi connectivity index (χ4n) is 3.30. The first-order chi connectivity index (χ1) is 8.74.